The fraction of sp³-hybridized carbons (Fsp3) is 0.160. The van der Waals surface area contributed by atoms with E-state index >= 15 is 0 Å². The maximum Gasteiger partial charge on any atom is 0.277 e. The largest absolute Gasteiger partial charge is 0.343 e. The van der Waals surface area contributed by atoms with Crippen LogP contribution in [-0.4, -0.2) is 20.5 Å². The molecule has 1 aromatic carbocycles. The van der Waals surface area contributed by atoms with Crippen molar-refractivity contribution < 1.29 is 4.79 Å². The molecule has 2 atom stereocenters. The number of allylic oxidation sites excluding steroid dienone is 2. The summed E-state index contributed by atoms with van der Waals surface area (Å²) in [7, 11) is 0. The minimum atomic E-state index is -0.493. The molecular formula is C25H20N4O2S. The molecule has 3 aromatic heterocycles. The number of hydrogen-bond acceptors (Lipinski definition) is 5. The molecule has 7 heteroatoms. The number of H-pyrrole nitrogens is 1. The summed E-state index contributed by atoms with van der Waals surface area (Å²) in [6, 6.07) is 19.2. The van der Waals surface area contributed by atoms with Gasteiger partial charge in [-0.05, 0) is 42.1 Å². The minimum absolute atomic E-state index is 0.0744. The summed E-state index contributed by atoms with van der Waals surface area (Å²) in [5.74, 6) is 0.355. The number of hydrogen-bond donors (Lipinski definition) is 2. The first-order valence-corrected chi connectivity index (χ1v) is 11.5. The van der Waals surface area contributed by atoms with Crippen LogP contribution in [0, 0.1) is 0 Å². The van der Waals surface area contributed by atoms with Gasteiger partial charge in [-0.1, -0.05) is 30.3 Å². The zero-order chi connectivity index (χ0) is 21.7. The highest BCUT2D eigenvalue weighted by molar-refractivity contribution is 7.10. The molecule has 0 saturated heterocycles. The Kier molecular flexibility index (Phi) is 4.43. The zero-order valence-electron chi connectivity index (χ0n) is 17.1. The van der Waals surface area contributed by atoms with Gasteiger partial charge in [0.25, 0.3) is 5.56 Å². The van der Waals surface area contributed by atoms with E-state index < -0.39 is 5.92 Å². The third kappa shape index (κ3) is 2.97. The standard InChI is InChI=1S/C25H20N4O2S/c30-19-14-15(20-10-6-12-32-20)13-18-21(19)22(17-9-4-5-11-26-17)23-24(27-18)28-29(25(23)31)16-7-2-1-3-8-16/h1-12,15,22,27-28H,13-14H2. The Balaban J connectivity index is 1.53. The van der Waals surface area contributed by atoms with Crippen molar-refractivity contribution in [2.24, 2.45) is 0 Å². The van der Waals surface area contributed by atoms with Gasteiger partial charge in [0.1, 0.15) is 5.82 Å². The van der Waals surface area contributed by atoms with Gasteiger partial charge in [0, 0.05) is 34.7 Å². The quantitative estimate of drug-likeness (QED) is 0.489. The number of carbonyl (C=O) groups excluding carboxylic acids is 1. The van der Waals surface area contributed by atoms with Gasteiger partial charge in [-0.25, -0.2) is 4.68 Å². The fourth-order valence-electron chi connectivity index (χ4n) is 4.82. The zero-order valence-corrected chi connectivity index (χ0v) is 17.9. The summed E-state index contributed by atoms with van der Waals surface area (Å²) in [6.45, 7) is 0. The summed E-state index contributed by atoms with van der Waals surface area (Å²) in [5, 5.41) is 8.69. The Morgan fingerprint density at radius 2 is 1.81 bits per heavy atom. The number of fused-ring (bicyclic) bond motifs is 1. The maximum absolute atomic E-state index is 13.6. The lowest BCUT2D eigenvalue weighted by atomic mass is 9.75. The summed E-state index contributed by atoms with van der Waals surface area (Å²) in [4.78, 5) is 32.8. The van der Waals surface area contributed by atoms with Crippen molar-refractivity contribution in [3.63, 3.8) is 0 Å². The average Bonchev–Trinajstić information content (AvgIpc) is 3.47. The van der Waals surface area contributed by atoms with E-state index in [-0.39, 0.29) is 17.3 Å². The maximum atomic E-state index is 13.6. The first kappa shape index (κ1) is 19.0. The predicted octanol–water partition coefficient (Wildman–Crippen LogP) is 4.58. The number of nitrogens with zero attached hydrogens (tertiary/aromatic N) is 2. The second kappa shape index (κ2) is 7.46. The number of nitrogens with one attached hydrogen (secondary N) is 2. The van der Waals surface area contributed by atoms with Gasteiger partial charge in [-0.3, -0.25) is 19.7 Å². The lowest BCUT2D eigenvalue weighted by molar-refractivity contribution is -0.116. The van der Waals surface area contributed by atoms with Crippen LogP contribution < -0.4 is 10.9 Å². The Hall–Kier alpha value is -3.71. The van der Waals surface area contributed by atoms with Crippen LogP contribution in [0.2, 0.25) is 0 Å². The number of pyridine rings is 1. The van der Waals surface area contributed by atoms with Crippen molar-refractivity contribution in [2.45, 2.75) is 24.7 Å². The average molecular weight is 441 g/mol. The number of thiophene rings is 1. The molecule has 0 spiro atoms. The summed E-state index contributed by atoms with van der Waals surface area (Å²) in [6.07, 6.45) is 2.88. The first-order chi connectivity index (χ1) is 15.7. The number of Topliss-reactive ketones (excluding diaryl/α,β-unsaturated/α-hetero) is 1. The van der Waals surface area contributed by atoms with Crippen molar-refractivity contribution in [1.82, 2.24) is 14.8 Å². The van der Waals surface area contributed by atoms with Gasteiger partial charge >= 0.3 is 0 Å². The van der Waals surface area contributed by atoms with Crippen molar-refractivity contribution in [3.05, 3.63) is 110 Å². The number of benzene rings is 1. The van der Waals surface area contributed by atoms with Gasteiger partial charge in [-0.15, -0.1) is 11.3 Å². The Bertz CT molecular complexity index is 1380. The SMILES string of the molecule is O=C1CC(c2cccs2)CC2=C1C(c1ccccn1)c1c([nH]n(-c3ccccc3)c1=O)N2. The normalized spacial score (nSPS) is 19.9. The molecule has 0 saturated carbocycles. The molecule has 158 valence electrons. The van der Waals surface area contributed by atoms with Crippen LogP contribution >= 0.6 is 11.3 Å². The van der Waals surface area contributed by atoms with Crippen LogP contribution in [0.25, 0.3) is 5.69 Å². The summed E-state index contributed by atoms with van der Waals surface area (Å²) < 4.78 is 1.54. The van der Waals surface area contributed by atoms with Gasteiger partial charge in [0.15, 0.2) is 5.78 Å². The topological polar surface area (TPSA) is 79.8 Å². The van der Waals surface area contributed by atoms with Gasteiger partial charge in [0.05, 0.1) is 22.9 Å². The fourth-order valence-corrected chi connectivity index (χ4v) is 5.65. The number of carbonyl (C=O) groups is 1. The monoisotopic (exact) mass is 440 g/mol. The van der Waals surface area contributed by atoms with E-state index in [0.717, 1.165) is 17.8 Å². The van der Waals surface area contributed by atoms with Crippen molar-refractivity contribution in [1.29, 1.82) is 0 Å². The molecule has 6 rings (SSSR count). The predicted molar refractivity (Wildman–Crippen MR) is 124 cm³/mol. The van der Waals surface area contributed by atoms with E-state index in [0.29, 0.717) is 29.1 Å². The number of ketones is 1. The van der Waals surface area contributed by atoms with Crippen LogP contribution in [0.15, 0.2) is 88.3 Å². The van der Waals surface area contributed by atoms with Crippen molar-refractivity contribution in [3.8, 4) is 5.69 Å². The van der Waals surface area contributed by atoms with Crippen LogP contribution in [0.5, 0.6) is 0 Å². The van der Waals surface area contributed by atoms with Crippen LogP contribution in [0.3, 0.4) is 0 Å². The molecular weight excluding hydrogens is 420 g/mol. The van der Waals surface area contributed by atoms with Crippen molar-refractivity contribution >= 4 is 22.9 Å². The number of para-hydroxylation sites is 1. The van der Waals surface area contributed by atoms with Crippen LogP contribution in [-0.2, 0) is 4.79 Å². The smallest absolute Gasteiger partial charge is 0.277 e. The van der Waals surface area contributed by atoms with E-state index in [1.54, 1.807) is 17.5 Å². The van der Waals surface area contributed by atoms with Gasteiger partial charge in [0.2, 0.25) is 0 Å². The number of aromatic amines is 1. The molecule has 4 aromatic rings. The number of anilines is 1. The third-order valence-corrected chi connectivity index (χ3v) is 7.27. The molecule has 0 radical (unpaired) electrons. The highest BCUT2D eigenvalue weighted by Crippen LogP contribution is 2.46. The summed E-state index contributed by atoms with van der Waals surface area (Å²) >= 11 is 1.68. The molecule has 1 aliphatic heterocycles. The second-order valence-corrected chi connectivity index (χ2v) is 9.10. The molecule has 0 fully saturated rings. The molecule has 0 amide bonds. The molecule has 32 heavy (non-hydrogen) atoms. The Morgan fingerprint density at radius 1 is 0.969 bits per heavy atom. The molecule has 1 aliphatic carbocycles. The Labute approximate surface area is 188 Å². The van der Waals surface area contributed by atoms with E-state index in [1.165, 1.54) is 9.56 Å². The summed E-state index contributed by atoms with van der Waals surface area (Å²) in [5.41, 5.74) is 3.36. The Morgan fingerprint density at radius 3 is 2.56 bits per heavy atom. The molecule has 0 bridgehead atoms. The molecule has 2 unspecified atom stereocenters. The lowest BCUT2D eigenvalue weighted by Gasteiger charge is -2.33. The van der Waals surface area contributed by atoms with Gasteiger partial charge < -0.3 is 5.32 Å². The lowest BCUT2D eigenvalue weighted by Crippen LogP contribution is -2.32. The van der Waals surface area contributed by atoms with Crippen molar-refractivity contribution in [2.75, 3.05) is 5.32 Å². The molecule has 6 nitrogen and oxygen atoms in total. The van der Waals surface area contributed by atoms with E-state index in [2.05, 4.69) is 21.5 Å². The second-order valence-electron chi connectivity index (χ2n) is 8.13. The van der Waals surface area contributed by atoms with Crippen LogP contribution in [0.4, 0.5) is 5.82 Å². The van der Waals surface area contributed by atoms with E-state index in [1.807, 2.05) is 60.0 Å². The number of aromatic nitrogens is 3. The molecule has 4 heterocycles. The molecule has 2 N–H and O–H groups in total. The van der Waals surface area contributed by atoms with E-state index in [4.69, 9.17) is 0 Å². The first-order valence-electron chi connectivity index (χ1n) is 10.6. The van der Waals surface area contributed by atoms with Gasteiger partial charge in [-0.2, -0.15) is 0 Å². The highest BCUT2D eigenvalue weighted by atomic mass is 32.1. The van der Waals surface area contributed by atoms with E-state index in [9.17, 15) is 9.59 Å². The third-order valence-electron chi connectivity index (χ3n) is 6.23. The molecule has 2 aliphatic rings. The number of rotatable bonds is 3. The van der Waals surface area contributed by atoms with Crippen LogP contribution in [0.1, 0.15) is 40.8 Å². The minimum Gasteiger partial charge on any atom is -0.343 e. The highest BCUT2D eigenvalue weighted by Gasteiger charge is 2.41.